The molecule has 0 atom stereocenters. The number of halogens is 1. The highest BCUT2D eigenvalue weighted by molar-refractivity contribution is 9.10. The maximum absolute atomic E-state index is 12.1. The zero-order valence-electron chi connectivity index (χ0n) is 9.07. The normalized spacial score (nSPS) is 19.8. The molecule has 1 aromatic rings. The molecule has 1 saturated heterocycles. The molecule has 0 saturated carbocycles. The number of aliphatic hydroxyl groups is 1. The second kappa shape index (κ2) is 4.47. The first-order valence-corrected chi connectivity index (χ1v) is 6.91. The molecule has 2 heterocycles. The van der Waals surface area contributed by atoms with Crippen molar-refractivity contribution in [2.24, 2.45) is 0 Å². The van der Waals surface area contributed by atoms with E-state index in [9.17, 15) is 9.90 Å². The molecule has 0 aromatic carbocycles. The van der Waals surface area contributed by atoms with E-state index in [1.807, 2.05) is 23.3 Å². The summed E-state index contributed by atoms with van der Waals surface area (Å²) in [5.74, 6) is 0.0670. The van der Waals surface area contributed by atoms with Gasteiger partial charge in [-0.3, -0.25) is 4.79 Å². The van der Waals surface area contributed by atoms with Gasteiger partial charge in [-0.05, 0) is 47.1 Å². The third-order valence-corrected chi connectivity index (χ3v) is 4.76. The number of carbonyl (C=O) groups excluding carboxylic acids is 1. The first-order valence-electron chi connectivity index (χ1n) is 5.24. The Kier molecular flexibility index (Phi) is 3.37. The van der Waals surface area contributed by atoms with Crippen molar-refractivity contribution in [2.45, 2.75) is 25.4 Å². The van der Waals surface area contributed by atoms with E-state index >= 15 is 0 Å². The first-order chi connectivity index (χ1) is 7.49. The third kappa shape index (κ3) is 2.47. The Bertz CT molecular complexity index is 392. The summed E-state index contributed by atoms with van der Waals surface area (Å²) in [5.41, 5.74) is -0.608. The lowest BCUT2D eigenvalue weighted by atomic mass is 9.94. The maximum atomic E-state index is 12.1. The SMILES string of the molecule is CC1(O)CCN(C(=O)c2sccc2Br)CC1. The van der Waals surface area contributed by atoms with Gasteiger partial charge in [-0.2, -0.15) is 0 Å². The van der Waals surface area contributed by atoms with Crippen LogP contribution in [0.25, 0.3) is 0 Å². The average Bonchev–Trinajstić information content (AvgIpc) is 2.63. The van der Waals surface area contributed by atoms with Crippen molar-refractivity contribution >= 4 is 33.2 Å². The Hall–Kier alpha value is -0.390. The van der Waals surface area contributed by atoms with Crippen molar-refractivity contribution in [3.05, 3.63) is 20.8 Å². The van der Waals surface area contributed by atoms with Crippen LogP contribution in [0.4, 0.5) is 0 Å². The van der Waals surface area contributed by atoms with Crippen LogP contribution in [-0.2, 0) is 0 Å². The van der Waals surface area contributed by atoms with Crippen LogP contribution in [0.15, 0.2) is 15.9 Å². The summed E-state index contributed by atoms with van der Waals surface area (Å²) in [6.07, 6.45) is 1.31. The van der Waals surface area contributed by atoms with E-state index in [2.05, 4.69) is 15.9 Å². The number of rotatable bonds is 1. The molecule has 0 aliphatic carbocycles. The average molecular weight is 304 g/mol. The van der Waals surface area contributed by atoms with Crippen LogP contribution in [0.2, 0.25) is 0 Å². The molecule has 1 aliphatic heterocycles. The summed E-state index contributed by atoms with van der Waals surface area (Å²) in [5, 5.41) is 11.7. The Morgan fingerprint density at radius 2 is 2.19 bits per heavy atom. The quantitative estimate of drug-likeness (QED) is 0.866. The minimum atomic E-state index is -0.608. The summed E-state index contributed by atoms with van der Waals surface area (Å²) in [4.78, 5) is 14.7. The van der Waals surface area contributed by atoms with E-state index in [4.69, 9.17) is 0 Å². The van der Waals surface area contributed by atoms with Crippen LogP contribution in [0.1, 0.15) is 29.4 Å². The molecular formula is C11H14BrNO2S. The second-order valence-electron chi connectivity index (χ2n) is 4.39. The fourth-order valence-corrected chi connectivity index (χ4v) is 3.29. The number of hydrogen-bond acceptors (Lipinski definition) is 3. The van der Waals surface area contributed by atoms with Gasteiger partial charge >= 0.3 is 0 Å². The third-order valence-electron chi connectivity index (χ3n) is 2.94. The molecule has 0 radical (unpaired) electrons. The Morgan fingerprint density at radius 3 is 2.69 bits per heavy atom. The van der Waals surface area contributed by atoms with Crippen molar-refractivity contribution in [2.75, 3.05) is 13.1 Å². The second-order valence-corrected chi connectivity index (χ2v) is 6.16. The number of likely N-dealkylation sites (tertiary alicyclic amines) is 1. The predicted octanol–water partition coefficient (Wildman–Crippen LogP) is 2.50. The standard InChI is InChI=1S/C11H14BrNO2S/c1-11(15)3-5-13(6-4-11)10(14)9-8(12)2-7-16-9/h2,7,15H,3-6H2,1H3. The van der Waals surface area contributed by atoms with Gasteiger partial charge in [0, 0.05) is 17.6 Å². The van der Waals surface area contributed by atoms with Crippen LogP contribution in [-0.4, -0.2) is 34.6 Å². The molecule has 1 amide bonds. The van der Waals surface area contributed by atoms with Crippen molar-refractivity contribution in [1.29, 1.82) is 0 Å². The summed E-state index contributed by atoms with van der Waals surface area (Å²) in [6, 6.07) is 1.89. The van der Waals surface area contributed by atoms with Gasteiger partial charge in [-0.25, -0.2) is 0 Å². The summed E-state index contributed by atoms with van der Waals surface area (Å²) < 4.78 is 0.861. The topological polar surface area (TPSA) is 40.5 Å². The molecule has 1 N–H and O–H groups in total. The fourth-order valence-electron chi connectivity index (χ4n) is 1.78. The number of carbonyl (C=O) groups is 1. The zero-order valence-corrected chi connectivity index (χ0v) is 11.5. The Balaban J connectivity index is 2.05. The van der Waals surface area contributed by atoms with Crippen LogP contribution in [0, 0.1) is 0 Å². The Morgan fingerprint density at radius 1 is 1.56 bits per heavy atom. The number of nitrogens with zero attached hydrogens (tertiary/aromatic N) is 1. The highest BCUT2D eigenvalue weighted by Gasteiger charge is 2.30. The minimum absolute atomic E-state index is 0.0670. The van der Waals surface area contributed by atoms with Gasteiger partial charge in [0.2, 0.25) is 0 Å². The van der Waals surface area contributed by atoms with Crippen LogP contribution in [0.5, 0.6) is 0 Å². The molecule has 0 spiro atoms. The lowest BCUT2D eigenvalue weighted by Crippen LogP contribution is -2.45. The molecule has 5 heteroatoms. The zero-order chi connectivity index (χ0) is 11.8. The first kappa shape index (κ1) is 12.1. The van der Waals surface area contributed by atoms with Gasteiger partial charge in [0.25, 0.3) is 5.91 Å². The molecule has 0 unspecified atom stereocenters. The molecular weight excluding hydrogens is 290 g/mol. The number of amides is 1. The van der Waals surface area contributed by atoms with Crippen molar-refractivity contribution < 1.29 is 9.90 Å². The molecule has 88 valence electrons. The van der Waals surface area contributed by atoms with E-state index < -0.39 is 5.60 Å². The maximum Gasteiger partial charge on any atom is 0.265 e. The van der Waals surface area contributed by atoms with E-state index in [0.29, 0.717) is 25.9 Å². The molecule has 16 heavy (non-hydrogen) atoms. The van der Waals surface area contributed by atoms with E-state index in [1.54, 1.807) is 0 Å². The number of thiophene rings is 1. The van der Waals surface area contributed by atoms with Crippen molar-refractivity contribution in [1.82, 2.24) is 4.90 Å². The largest absolute Gasteiger partial charge is 0.390 e. The van der Waals surface area contributed by atoms with Gasteiger partial charge in [0.05, 0.1) is 5.60 Å². The van der Waals surface area contributed by atoms with Gasteiger partial charge in [0.1, 0.15) is 4.88 Å². The lowest BCUT2D eigenvalue weighted by Gasteiger charge is -2.35. The van der Waals surface area contributed by atoms with Crippen LogP contribution in [0.3, 0.4) is 0 Å². The molecule has 2 rings (SSSR count). The highest BCUT2D eigenvalue weighted by atomic mass is 79.9. The monoisotopic (exact) mass is 303 g/mol. The van der Waals surface area contributed by atoms with E-state index in [1.165, 1.54) is 11.3 Å². The Labute approximate surface area is 107 Å². The molecule has 0 bridgehead atoms. The molecule has 1 fully saturated rings. The molecule has 1 aromatic heterocycles. The fraction of sp³-hybridized carbons (Fsp3) is 0.545. The van der Waals surface area contributed by atoms with Gasteiger partial charge in [-0.1, -0.05) is 0 Å². The summed E-state index contributed by atoms with van der Waals surface area (Å²) in [6.45, 7) is 3.10. The highest BCUT2D eigenvalue weighted by Crippen LogP contribution is 2.27. The van der Waals surface area contributed by atoms with Crippen molar-refractivity contribution in [3.8, 4) is 0 Å². The van der Waals surface area contributed by atoms with Crippen molar-refractivity contribution in [3.63, 3.8) is 0 Å². The smallest absolute Gasteiger partial charge is 0.265 e. The van der Waals surface area contributed by atoms with Gasteiger partial charge < -0.3 is 10.0 Å². The van der Waals surface area contributed by atoms with Crippen LogP contribution >= 0.6 is 27.3 Å². The summed E-state index contributed by atoms with van der Waals surface area (Å²) in [7, 11) is 0. The van der Waals surface area contributed by atoms with Gasteiger partial charge in [0.15, 0.2) is 0 Å². The molecule has 3 nitrogen and oxygen atoms in total. The van der Waals surface area contributed by atoms with E-state index in [-0.39, 0.29) is 5.91 Å². The van der Waals surface area contributed by atoms with E-state index in [0.717, 1.165) is 9.35 Å². The lowest BCUT2D eigenvalue weighted by molar-refractivity contribution is -0.00190. The summed E-state index contributed by atoms with van der Waals surface area (Å²) >= 11 is 4.82. The van der Waals surface area contributed by atoms with Crippen LogP contribution < -0.4 is 0 Å². The number of piperidine rings is 1. The molecule has 1 aliphatic rings. The van der Waals surface area contributed by atoms with Gasteiger partial charge in [-0.15, -0.1) is 11.3 Å². The number of hydrogen-bond donors (Lipinski definition) is 1. The minimum Gasteiger partial charge on any atom is -0.390 e. The predicted molar refractivity (Wildman–Crippen MR) is 67.8 cm³/mol.